The van der Waals surface area contributed by atoms with Gasteiger partial charge in [-0.1, -0.05) is 33.4 Å². The molecule has 0 unspecified atom stereocenters. The molecule has 1 saturated heterocycles. The van der Waals surface area contributed by atoms with E-state index in [4.69, 9.17) is 9.31 Å². The fourth-order valence-corrected chi connectivity index (χ4v) is 2.51. The number of pyridine rings is 1. The monoisotopic (exact) mass is 354 g/mol. The summed E-state index contributed by atoms with van der Waals surface area (Å²) in [6.45, 7) is 20.6. The zero-order valence-electron chi connectivity index (χ0n) is 17.4. The Labute approximate surface area is 158 Å². The van der Waals surface area contributed by atoms with Gasteiger partial charge < -0.3 is 9.31 Å². The molecule has 26 heavy (non-hydrogen) atoms. The molecule has 0 atom stereocenters. The molecule has 0 saturated carbocycles. The van der Waals surface area contributed by atoms with Crippen molar-refractivity contribution in [3.63, 3.8) is 0 Å². The maximum absolute atomic E-state index is 6.01. The Balaban J connectivity index is 2.12. The van der Waals surface area contributed by atoms with Gasteiger partial charge in [-0.05, 0) is 52.2 Å². The summed E-state index contributed by atoms with van der Waals surface area (Å²) in [5, 5.41) is 0. The first-order valence-corrected chi connectivity index (χ1v) is 9.09. The van der Waals surface area contributed by atoms with Gasteiger partial charge in [-0.15, -0.1) is 0 Å². The number of aliphatic imine (C=N–C) groups is 1. The van der Waals surface area contributed by atoms with Crippen LogP contribution in [0.5, 0.6) is 0 Å². The number of aromatic nitrogens is 1. The highest BCUT2D eigenvalue weighted by atomic mass is 16.7. The lowest BCUT2D eigenvalue weighted by Crippen LogP contribution is -2.41. The van der Waals surface area contributed by atoms with Gasteiger partial charge in [0.2, 0.25) is 0 Å². The zero-order valence-corrected chi connectivity index (χ0v) is 17.4. The number of rotatable bonds is 4. The lowest BCUT2D eigenvalue weighted by molar-refractivity contribution is 0.00578. The van der Waals surface area contributed by atoms with Crippen LogP contribution in [-0.4, -0.2) is 29.5 Å². The standard InChI is InChI=1S/C21H31BN2O2/c1-10-17(16-11-12-18(24-14-16)19(3,4)5)23-13-15(2)22-25-20(6,7)21(8,9)26-22/h10-14H,2H2,1,3-9H3/b17-10-,23-13?. The Bertz CT molecular complexity index is 709. The Hall–Kier alpha value is -1.72. The van der Waals surface area contributed by atoms with Gasteiger partial charge >= 0.3 is 7.12 Å². The molecule has 0 aromatic carbocycles. The van der Waals surface area contributed by atoms with Crippen molar-refractivity contribution in [1.82, 2.24) is 4.98 Å². The van der Waals surface area contributed by atoms with Crippen LogP contribution in [-0.2, 0) is 14.7 Å². The summed E-state index contributed by atoms with van der Waals surface area (Å²) in [5.41, 5.74) is 2.83. The lowest BCUT2D eigenvalue weighted by atomic mass is 9.80. The molecular formula is C21H31BN2O2. The molecule has 4 nitrogen and oxygen atoms in total. The lowest BCUT2D eigenvalue weighted by Gasteiger charge is -2.32. The van der Waals surface area contributed by atoms with Gasteiger partial charge in [0.15, 0.2) is 0 Å². The van der Waals surface area contributed by atoms with Crippen LogP contribution in [0.4, 0.5) is 0 Å². The molecule has 0 N–H and O–H groups in total. The minimum atomic E-state index is -0.483. The van der Waals surface area contributed by atoms with Gasteiger partial charge in [-0.3, -0.25) is 9.98 Å². The van der Waals surface area contributed by atoms with E-state index in [0.717, 1.165) is 17.0 Å². The van der Waals surface area contributed by atoms with Crippen LogP contribution >= 0.6 is 0 Å². The first kappa shape index (κ1) is 20.6. The van der Waals surface area contributed by atoms with E-state index in [9.17, 15) is 0 Å². The van der Waals surface area contributed by atoms with Crippen LogP contribution < -0.4 is 0 Å². The van der Waals surface area contributed by atoms with E-state index >= 15 is 0 Å². The van der Waals surface area contributed by atoms with Crippen LogP contribution in [0.15, 0.2) is 41.4 Å². The van der Waals surface area contributed by atoms with Gasteiger partial charge in [0.05, 0.1) is 16.9 Å². The summed E-state index contributed by atoms with van der Waals surface area (Å²) < 4.78 is 12.0. The molecule has 1 fully saturated rings. The number of hydrogen-bond donors (Lipinski definition) is 0. The summed E-state index contributed by atoms with van der Waals surface area (Å²) in [5.74, 6) is 0. The van der Waals surface area contributed by atoms with Crippen molar-refractivity contribution in [3.05, 3.63) is 47.7 Å². The Morgan fingerprint density at radius 1 is 1.15 bits per heavy atom. The predicted octanol–water partition coefficient (Wildman–Crippen LogP) is 5.00. The fourth-order valence-electron chi connectivity index (χ4n) is 2.51. The summed E-state index contributed by atoms with van der Waals surface area (Å²) in [6, 6.07) is 4.11. The molecular weight excluding hydrogens is 323 g/mol. The summed E-state index contributed by atoms with van der Waals surface area (Å²) in [4.78, 5) is 9.16. The van der Waals surface area contributed by atoms with Crippen molar-refractivity contribution in [2.75, 3.05) is 0 Å². The van der Waals surface area contributed by atoms with Gasteiger partial charge in [-0.2, -0.15) is 0 Å². The minimum Gasteiger partial charge on any atom is -0.399 e. The first-order chi connectivity index (χ1) is 11.9. The van der Waals surface area contributed by atoms with E-state index < -0.39 is 7.12 Å². The quantitative estimate of drug-likeness (QED) is 0.565. The minimum absolute atomic E-state index is 0.0307. The molecule has 0 aliphatic carbocycles. The predicted molar refractivity (Wildman–Crippen MR) is 110 cm³/mol. The van der Waals surface area contributed by atoms with Crippen molar-refractivity contribution in [2.45, 2.75) is 72.0 Å². The second-order valence-corrected chi connectivity index (χ2v) is 8.78. The molecule has 0 bridgehead atoms. The summed E-state index contributed by atoms with van der Waals surface area (Å²) in [7, 11) is -0.483. The van der Waals surface area contributed by atoms with E-state index in [1.54, 1.807) is 6.21 Å². The second-order valence-electron chi connectivity index (χ2n) is 8.78. The van der Waals surface area contributed by atoms with Crippen molar-refractivity contribution in [2.24, 2.45) is 4.99 Å². The third kappa shape index (κ3) is 4.33. The van der Waals surface area contributed by atoms with E-state index in [1.165, 1.54) is 0 Å². The average molecular weight is 354 g/mol. The highest BCUT2D eigenvalue weighted by Crippen LogP contribution is 2.38. The van der Waals surface area contributed by atoms with E-state index in [1.807, 2.05) is 46.9 Å². The molecule has 140 valence electrons. The van der Waals surface area contributed by atoms with Crippen molar-refractivity contribution < 1.29 is 9.31 Å². The molecule has 0 amide bonds. The van der Waals surface area contributed by atoms with Crippen LogP contribution in [0.2, 0.25) is 0 Å². The van der Waals surface area contributed by atoms with Crippen LogP contribution in [0.1, 0.15) is 66.6 Å². The van der Waals surface area contributed by atoms with Crippen molar-refractivity contribution in [3.8, 4) is 0 Å². The molecule has 2 rings (SSSR count). The van der Waals surface area contributed by atoms with Crippen molar-refractivity contribution >= 4 is 19.0 Å². The first-order valence-electron chi connectivity index (χ1n) is 9.09. The number of nitrogens with zero attached hydrogens (tertiary/aromatic N) is 2. The normalized spacial score (nSPS) is 20.0. The summed E-state index contributed by atoms with van der Waals surface area (Å²) in [6.07, 6.45) is 5.54. The molecule has 0 radical (unpaired) electrons. The van der Waals surface area contributed by atoms with Gasteiger partial charge in [0.1, 0.15) is 0 Å². The maximum atomic E-state index is 6.01. The van der Waals surface area contributed by atoms with Crippen LogP contribution in [0, 0.1) is 0 Å². The van der Waals surface area contributed by atoms with E-state index in [0.29, 0.717) is 5.47 Å². The molecule has 1 aliphatic rings. The highest BCUT2D eigenvalue weighted by molar-refractivity contribution is 6.60. The molecule has 2 heterocycles. The zero-order chi connectivity index (χ0) is 19.8. The highest BCUT2D eigenvalue weighted by Gasteiger charge is 2.51. The fraction of sp³-hybridized carbons (Fsp3) is 0.524. The average Bonchev–Trinajstić information content (AvgIpc) is 2.75. The Morgan fingerprint density at radius 3 is 2.15 bits per heavy atom. The third-order valence-corrected chi connectivity index (χ3v) is 5.03. The van der Waals surface area contributed by atoms with Crippen LogP contribution in [0.3, 0.4) is 0 Å². The van der Waals surface area contributed by atoms with Crippen molar-refractivity contribution in [1.29, 1.82) is 0 Å². The summed E-state index contributed by atoms with van der Waals surface area (Å²) >= 11 is 0. The van der Waals surface area contributed by atoms with Gasteiger partial charge in [-0.25, -0.2) is 0 Å². The van der Waals surface area contributed by atoms with Crippen LogP contribution in [0.25, 0.3) is 5.70 Å². The largest absolute Gasteiger partial charge is 0.495 e. The Morgan fingerprint density at radius 2 is 1.73 bits per heavy atom. The van der Waals surface area contributed by atoms with Gasteiger partial charge in [0.25, 0.3) is 0 Å². The number of allylic oxidation sites excluding steroid dienone is 2. The molecule has 5 heteroatoms. The van der Waals surface area contributed by atoms with Gasteiger partial charge in [0, 0.05) is 29.1 Å². The van der Waals surface area contributed by atoms with E-state index in [-0.39, 0.29) is 16.6 Å². The molecule has 1 aromatic heterocycles. The van der Waals surface area contributed by atoms with E-state index in [2.05, 4.69) is 49.5 Å². The number of hydrogen-bond acceptors (Lipinski definition) is 4. The SMILES string of the molecule is C=C(C=N/C(=C\C)c1ccc(C(C)(C)C)nc1)B1OC(C)(C)C(C)(C)O1. The molecule has 0 spiro atoms. The molecule has 1 aliphatic heterocycles. The topological polar surface area (TPSA) is 43.7 Å². The third-order valence-electron chi connectivity index (χ3n) is 5.03. The Kier molecular flexibility index (Phi) is 5.64. The smallest absolute Gasteiger partial charge is 0.399 e. The maximum Gasteiger partial charge on any atom is 0.495 e. The second kappa shape index (κ2) is 7.13. The molecule has 1 aromatic rings.